The number of likely N-dealkylation sites (tertiary alicyclic amines) is 1. The van der Waals surface area contributed by atoms with Crippen LogP contribution in [0.5, 0.6) is 17.2 Å². The fourth-order valence-electron chi connectivity index (χ4n) is 3.75. The molecule has 0 saturated carbocycles. The molecule has 0 aliphatic carbocycles. The first-order valence-electron chi connectivity index (χ1n) is 10.1. The van der Waals surface area contributed by atoms with Gasteiger partial charge in [-0.3, -0.25) is 9.59 Å². The second kappa shape index (κ2) is 10.0. The zero-order valence-electron chi connectivity index (χ0n) is 17.4. The Labute approximate surface area is 176 Å². The highest BCUT2D eigenvalue weighted by atomic mass is 16.5. The molecule has 1 fully saturated rings. The van der Waals surface area contributed by atoms with Crippen molar-refractivity contribution in [1.82, 2.24) is 4.90 Å². The summed E-state index contributed by atoms with van der Waals surface area (Å²) in [7, 11) is 3.05. The summed E-state index contributed by atoms with van der Waals surface area (Å²) >= 11 is 0. The van der Waals surface area contributed by atoms with Crippen LogP contribution in [0.4, 0.5) is 0 Å². The number of rotatable bonds is 8. The number of benzene rings is 2. The first kappa shape index (κ1) is 21.5. The minimum Gasteiger partial charge on any atom is -0.493 e. The van der Waals surface area contributed by atoms with Crippen LogP contribution in [0, 0.1) is 0 Å². The second-order valence-corrected chi connectivity index (χ2v) is 7.30. The topological polar surface area (TPSA) is 91.1 Å². The lowest BCUT2D eigenvalue weighted by Crippen LogP contribution is -2.45. The lowest BCUT2D eigenvalue weighted by atomic mass is 9.97. The predicted molar refractivity (Wildman–Crippen MR) is 113 cm³/mol. The van der Waals surface area contributed by atoms with E-state index < -0.39 is 5.91 Å². The second-order valence-electron chi connectivity index (χ2n) is 7.30. The molecule has 7 nitrogen and oxygen atoms in total. The van der Waals surface area contributed by atoms with Gasteiger partial charge in [0.15, 0.2) is 11.5 Å². The Hall–Kier alpha value is -3.22. The molecule has 1 saturated heterocycles. The normalized spacial score (nSPS) is 16.1. The number of piperidine rings is 1. The molecule has 30 heavy (non-hydrogen) atoms. The van der Waals surface area contributed by atoms with E-state index in [-0.39, 0.29) is 18.4 Å². The van der Waals surface area contributed by atoms with E-state index in [0.717, 1.165) is 24.8 Å². The van der Waals surface area contributed by atoms with Crippen LogP contribution in [0.3, 0.4) is 0 Å². The van der Waals surface area contributed by atoms with E-state index in [2.05, 4.69) is 0 Å². The molecule has 1 heterocycles. The number of nitrogens with zero attached hydrogens (tertiary/aromatic N) is 1. The van der Waals surface area contributed by atoms with Crippen molar-refractivity contribution in [3.8, 4) is 17.2 Å². The van der Waals surface area contributed by atoms with Gasteiger partial charge < -0.3 is 24.8 Å². The third-order valence-electron chi connectivity index (χ3n) is 5.26. The van der Waals surface area contributed by atoms with Crippen LogP contribution >= 0.6 is 0 Å². The largest absolute Gasteiger partial charge is 0.493 e. The van der Waals surface area contributed by atoms with Crippen molar-refractivity contribution in [3.63, 3.8) is 0 Å². The first-order chi connectivity index (χ1) is 14.5. The molecule has 2 aromatic rings. The van der Waals surface area contributed by atoms with Gasteiger partial charge in [0.2, 0.25) is 11.7 Å². The smallest absolute Gasteiger partial charge is 0.254 e. The molecule has 0 bridgehead atoms. The van der Waals surface area contributed by atoms with Gasteiger partial charge in [0.05, 0.1) is 14.2 Å². The molecular formula is C23H28N2O5. The Morgan fingerprint density at radius 2 is 1.73 bits per heavy atom. The molecule has 160 valence electrons. The molecule has 1 aliphatic heterocycles. The number of hydrogen-bond donors (Lipinski definition) is 1. The molecule has 2 amide bonds. The number of amides is 2. The number of methoxy groups -OCH3 is 2. The first-order valence-corrected chi connectivity index (χ1v) is 10.1. The monoisotopic (exact) mass is 412 g/mol. The van der Waals surface area contributed by atoms with Crippen molar-refractivity contribution < 1.29 is 23.8 Å². The number of carbonyl (C=O) groups excluding carboxylic acids is 2. The third kappa shape index (κ3) is 5.03. The summed E-state index contributed by atoms with van der Waals surface area (Å²) in [5.41, 5.74) is 6.81. The summed E-state index contributed by atoms with van der Waals surface area (Å²) in [6, 6.07) is 12.9. The highest BCUT2D eigenvalue weighted by Crippen LogP contribution is 2.39. The van der Waals surface area contributed by atoms with Crippen molar-refractivity contribution in [2.45, 2.75) is 38.3 Å². The minimum absolute atomic E-state index is 0.165. The van der Waals surface area contributed by atoms with Crippen molar-refractivity contribution in [3.05, 3.63) is 53.6 Å². The van der Waals surface area contributed by atoms with Crippen LogP contribution in [-0.2, 0) is 11.4 Å². The lowest BCUT2D eigenvalue weighted by molar-refractivity contribution is -0.119. The highest BCUT2D eigenvalue weighted by molar-refractivity contribution is 5.96. The van der Waals surface area contributed by atoms with Crippen LogP contribution in [0.1, 0.15) is 41.6 Å². The third-order valence-corrected chi connectivity index (χ3v) is 5.26. The molecule has 0 spiro atoms. The molecule has 7 heteroatoms. The van der Waals surface area contributed by atoms with E-state index in [0.29, 0.717) is 36.0 Å². The van der Waals surface area contributed by atoms with Crippen molar-refractivity contribution in [1.29, 1.82) is 0 Å². The summed E-state index contributed by atoms with van der Waals surface area (Å²) in [5, 5.41) is 0. The number of ether oxygens (including phenoxy) is 3. The van der Waals surface area contributed by atoms with E-state index in [4.69, 9.17) is 19.9 Å². The van der Waals surface area contributed by atoms with Crippen LogP contribution in [0.25, 0.3) is 0 Å². The fraction of sp³-hybridized carbons (Fsp3) is 0.391. The van der Waals surface area contributed by atoms with Crippen molar-refractivity contribution in [2.75, 3.05) is 20.8 Å². The summed E-state index contributed by atoms with van der Waals surface area (Å²) in [4.78, 5) is 26.4. The van der Waals surface area contributed by atoms with Gasteiger partial charge in [-0.25, -0.2) is 0 Å². The molecule has 1 aliphatic rings. The van der Waals surface area contributed by atoms with Crippen molar-refractivity contribution in [2.24, 2.45) is 5.73 Å². The van der Waals surface area contributed by atoms with Crippen LogP contribution in [-0.4, -0.2) is 43.5 Å². The molecular weight excluding hydrogens is 384 g/mol. The SMILES string of the molecule is COc1cc(C(=O)N2CCCC[C@H]2CC(N)=O)cc(OC)c1OCc1ccccc1. The van der Waals surface area contributed by atoms with Gasteiger partial charge in [-0.2, -0.15) is 0 Å². The quantitative estimate of drug-likeness (QED) is 0.719. The van der Waals surface area contributed by atoms with Gasteiger partial charge in [0.1, 0.15) is 6.61 Å². The molecule has 2 aromatic carbocycles. The van der Waals surface area contributed by atoms with E-state index >= 15 is 0 Å². The van der Waals surface area contributed by atoms with Crippen LogP contribution in [0.2, 0.25) is 0 Å². The summed E-state index contributed by atoms with van der Waals surface area (Å²) in [5.74, 6) is 0.689. The number of primary amides is 1. The Kier molecular flexibility index (Phi) is 7.17. The molecule has 1 atom stereocenters. The van der Waals surface area contributed by atoms with Gasteiger partial charge in [0.25, 0.3) is 5.91 Å². The summed E-state index contributed by atoms with van der Waals surface area (Å²) < 4.78 is 16.9. The molecule has 3 rings (SSSR count). The van der Waals surface area contributed by atoms with E-state index in [1.54, 1.807) is 17.0 Å². The number of carbonyl (C=O) groups is 2. The van der Waals surface area contributed by atoms with E-state index in [1.165, 1.54) is 14.2 Å². The maximum Gasteiger partial charge on any atom is 0.254 e. The standard InChI is InChI=1S/C23H28N2O5/c1-28-19-12-17(23(27)25-11-7-6-10-18(25)14-21(24)26)13-20(29-2)22(19)30-15-16-8-4-3-5-9-16/h3-5,8-9,12-13,18H,6-7,10-11,14-15H2,1-2H3,(H2,24,26)/t18-/m0/s1. The average Bonchev–Trinajstić information content (AvgIpc) is 2.77. The Bertz CT molecular complexity index is 859. The number of nitrogens with two attached hydrogens (primary N) is 1. The highest BCUT2D eigenvalue weighted by Gasteiger charge is 2.30. The van der Waals surface area contributed by atoms with E-state index in [9.17, 15) is 9.59 Å². The van der Waals surface area contributed by atoms with Gasteiger partial charge in [-0.1, -0.05) is 30.3 Å². The lowest BCUT2D eigenvalue weighted by Gasteiger charge is -2.35. The fourth-order valence-corrected chi connectivity index (χ4v) is 3.75. The average molecular weight is 412 g/mol. The maximum atomic E-state index is 13.2. The van der Waals surface area contributed by atoms with E-state index in [1.807, 2.05) is 30.3 Å². The Morgan fingerprint density at radius 3 is 2.33 bits per heavy atom. The minimum atomic E-state index is -0.403. The molecule has 2 N–H and O–H groups in total. The van der Waals surface area contributed by atoms with Crippen LogP contribution < -0.4 is 19.9 Å². The van der Waals surface area contributed by atoms with Crippen molar-refractivity contribution >= 4 is 11.8 Å². The van der Waals surface area contributed by atoms with Gasteiger partial charge in [-0.15, -0.1) is 0 Å². The molecule has 0 unspecified atom stereocenters. The zero-order chi connectivity index (χ0) is 21.5. The molecule has 0 radical (unpaired) electrons. The van der Waals surface area contributed by atoms with Gasteiger partial charge in [-0.05, 0) is 37.0 Å². The van der Waals surface area contributed by atoms with Gasteiger partial charge >= 0.3 is 0 Å². The van der Waals surface area contributed by atoms with Crippen LogP contribution in [0.15, 0.2) is 42.5 Å². The number of hydrogen-bond acceptors (Lipinski definition) is 5. The Morgan fingerprint density at radius 1 is 1.07 bits per heavy atom. The predicted octanol–water partition coefficient (Wildman–Crippen LogP) is 3.15. The zero-order valence-corrected chi connectivity index (χ0v) is 17.4. The van der Waals surface area contributed by atoms with Gasteiger partial charge in [0, 0.05) is 24.6 Å². The maximum absolute atomic E-state index is 13.2. The molecule has 0 aromatic heterocycles. The summed E-state index contributed by atoms with van der Waals surface area (Å²) in [6.07, 6.45) is 2.80. The Balaban J connectivity index is 1.86. The summed E-state index contributed by atoms with van der Waals surface area (Å²) in [6.45, 7) is 0.932.